The molecule has 0 N–H and O–H groups in total. The highest BCUT2D eigenvalue weighted by Gasteiger charge is 2.48. The van der Waals surface area contributed by atoms with Crippen molar-refractivity contribution in [3.8, 4) is 5.75 Å². The maximum atomic E-state index is 13.3. The zero-order chi connectivity index (χ0) is 20.4. The summed E-state index contributed by atoms with van der Waals surface area (Å²) < 4.78 is 37.9. The first kappa shape index (κ1) is 20.0. The molecule has 0 aliphatic heterocycles. The average molecular weight is 387 g/mol. The minimum Gasteiger partial charge on any atom is -0.481 e. The lowest BCUT2D eigenvalue weighted by atomic mass is 9.68. The molecule has 1 aromatic heterocycles. The number of hydrogen-bond acceptors (Lipinski definition) is 4. The van der Waals surface area contributed by atoms with Gasteiger partial charge < -0.3 is 9.47 Å². The number of aromatic nitrogens is 1. The van der Waals surface area contributed by atoms with Gasteiger partial charge in [-0.2, -0.15) is 0 Å². The van der Waals surface area contributed by atoms with Crippen LogP contribution in [0.3, 0.4) is 0 Å². The number of halogens is 2. The van der Waals surface area contributed by atoms with E-state index in [1.807, 2.05) is 20.8 Å². The number of carbonyl (C=O) groups is 1. The van der Waals surface area contributed by atoms with E-state index in [1.165, 1.54) is 24.3 Å². The van der Waals surface area contributed by atoms with Crippen molar-refractivity contribution >= 4 is 5.97 Å². The van der Waals surface area contributed by atoms with E-state index in [0.717, 1.165) is 6.20 Å². The molecule has 1 aromatic carbocycles. The first-order chi connectivity index (χ1) is 13.2. The average Bonchev–Trinajstić information content (AvgIpc) is 2.58. The fourth-order valence-electron chi connectivity index (χ4n) is 3.19. The molecule has 1 fully saturated rings. The van der Waals surface area contributed by atoms with E-state index in [0.29, 0.717) is 24.3 Å². The summed E-state index contributed by atoms with van der Waals surface area (Å²) in [6, 6.07) is 8.66. The molecule has 0 unspecified atom stereocenters. The van der Waals surface area contributed by atoms with Gasteiger partial charge in [-0.15, -0.1) is 0 Å². The molecule has 1 aliphatic carbocycles. The fraction of sp³-hybridized carbons (Fsp3) is 0.364. The van der Waals surface area contributed by atoms with E-state index >= 15 is 0 Å². The molecule has 0 radical (unpaired) electrons. The standard InChI is InChI=1S/C22H23F2NO3/c1-21(2,3)28-20(26)11-4-15-12-22(13-15,19-10-7-17(24)14-25-19)27-18-8-5-16(23)6-9-18/h4-11,14-15H,12-13H2,1-3H3/b11-4+. The van der Waals surface area contributed by atoms with Gasteiger partial charge in [-0.1, -0.05) is 6.08 Å². The summed E-state index contributed by atoms with van der Waals surface area (Å²) in [5.74, 6) is -0.597. The van der Waals surface area contributed by atoms with Gasteiger partial charge in [0.25, 0.3) is 0 Å². The smallest absolute Gasteiger partial charge is 0.330 e. The number of esters is 1. The van der Waals surface area contributed by atoms with Gasteiger partial charge in [-0.25, -0.2) is 13.6 Å². The molecule has 4 nitrogen and oxygen atoms in total. The third-order valence-electron chi connectivity index (χ3n) is 4.42. The van der Waals surface area contributed by atoms with Crippen LogP contribution in [0.1, 0.15) is 39.3 Å². The van der Waals surface area contributed by atoms with E-state index in [1.54, 1.807) is 24.3 Å². The Hall–Kier alpha value is -2.76. The predicted molar refractivity (Wildman–Crippen MR) is 101 cm³/mol. The predicted octanol–water partition coefficient (Wildman–Crippen LogP) is 4.94. The van der Waals surface area contributed by atoms with Gasteiger partial charge >= 0.3 is 5.97 Å². The molecule has 148 valence electrons. The molecule has 28 heavy (non-hydrogen) atoms. The highest BCUT2D eigenvalue weighted by Crippen LogP contribution is 2.48. The van der Waals surface area contributed by atoms with Crippen LogP contribution in [0.2, 0.25) is 0 Å². The van der Waals surface area contributed by atoms with Crippen LogP contribution in [0.15, 0.2) is 54.7 Å². The maximum Gasteiger partial charge on any atom is 0.330 e. The monoisotopic (exact) mass is 387 g/mol. The molecule has 0 atom stereocenters. The van der Waals surface area contributed by atoms with Gasteiger partial charge in [0, 0.05) is 6.08 Å². The van der Waals surface area contributed by atoms with Gasteiger partial charge in [0.1, 0.15) is 23.0 Å². The number of benzene rings is 1. The van der Waals surface area contributed by atoms with Crippen LogP contribution in [0.4, 0.5) is 8.78 Å². The molecule has 3 rings (SSSR count). The Morgan fingerprint density at radius 2 is 1.75 bits per heavy atom. The largest absolute Gasteiger partial charge is 0.481 e. The van der Waals surface area contributed by atoms with Crippen molar-refractivity contribution in [2.45, 2.75) is 44.8 Å². The van der Waals surface area contributed by atoms with Crippen LogP contribution in [-0.4, -0.2) is 16.6 Å². The van der Waals surface area contributed by atoms with Crippen LogP contribution < -0.4 is 4.74 Å². The molecule has 1 heterocycles. The number of nitrogens with zero attached hydrogens (tertiary/aromatic N) is 1. The minimum absolute atomic E-state index is 0.0832. The summed E-state index contributed by atoms with van der Waals surface area (Å²) in [5, 5.41) is 0. The normalized spacial score (nSPS) is 22.0. The third kappa shape index (κ3) is 4.94. The van der Waals surface area contributed by atoms with Crippen molar-refractivity contribution < 1.29 is 23.0 Å². The summed E-state index contributed by atoms with van der Waals surface area (Å²) in [6.45, 7) is 5.43. The van der Waals surface area contributed by atoms with Crippen LogP contribution in [0, 0.1) is 17.6 Å². The van der Waals surface area contributed by atoms with Crippen molar-refractivity contribution in [1.29, 1.82) is 0 Å². The van der Waals surface area contributed by atoms with Gasteiger partial charge in [-0.3, -0.25) is 4.98 Å². The Kier molecular flexibility index (Phi) is 5.49. The molecule has 1 aliphatic rings. The van der Waals surface area contributed by atoms with Gasteiger partial charge in [-0.05, 0) is 75.9 Å². The number of carbonyl (C=O) groups excluding carboxylic acids is 1. The number of ether oxygens (including phenoxy) is 2. The zero-order valence-corrected chi connectivity index (χ0v) is 16.1. The van der Waals surface area contributed by atoms with Gasteiger partial charge in [0.15, 0.2) is 5.60 Å². The number of hydrogen-bond donors (Lipinski definition) is 0. The Morgan fingerprint density at radius 3 is 2.32 bits per heavy atom. The number of rotatable bonds is 5. The summed E-state index contributed by atoms with van der Waals surface area (Å²) in [4.78, 5) is 16.0. The topological polar surface area (TPSA) is 48.4 Å². The Bertz CT molecular complexity index is 849. The van der Waals surface area contributed by atoms with Crippen molar-refractivity contribution in [2.24, 2.45) is 5.92 Å². The molecule has 6 heteroatoms. The van der Waals surface area contributed by atoms with Crippen LogP contribution in [-0.2, 0) is 15.1 Å². The third-order valence-corrected chi connectivity index (χ3v) is 4.42. The molecular weight excluding hydrogens is 364 g/mol. The Morgan fingerprint density at radius 1 is 1.11 bits per heavy atom. The van der Waals surface area contributed by atoms with Crippen LogP contribution >= 0.6 is 0 Å². The first-order valence-corrected chi connectivity index (χ1v) is 9.13. The lowest BCUT2D eigenvalue weighted by Crippen LogP contribution is -2.46. The van der Waals surface area contributed by atoms with Crippen molar-refractivity contribution in [3.63, 3.8) is 0 Å². The quantitative estimate of drug-likeness (QED) is 0.538. The van der Waals surface area contributed by atoms with Crippen molar-refractivity contribution in [1.82, 2.24) is 4.98 Å². The SMILES string of the molecule is CC(C)(C)OC(=O)/C=C/C1CC(Oc2ccc(F)cc2)(c2ccc(F)cn2)C1. The van der Waals surface area contributed by atoms with E-state index in [9.17, 15) is 13.6 Å². The Labute approximate surface area is 163 Å². The van der Waals surface area contributed by atoms with Crippen LogP contribution in [0.5, 0.6) is 5.75 Å². The summed E-state index contributed by atoms with van der Waals surface area (Å²) >= 11 is 0. The lowest BCUT2D eigenvalue weighted by molar-refractivity contribution is -0.148. The second kappa shape index (κ2) is 7.70. The minimum atomic E-state index is -0.755. The summed E-state index contributed by atoms with van der Waals surface area (Å²) in [6.07, 6.45) is 5.49. The van der Waals surface area contributed by atoms with E-state index in [4.69, 9.17) is 9.47 Å². The van der Waals surface area contributed by atoms with Crippen molar-refractivity contribution in [2.75, 3.05) is 0 Å². The second-order valence-electron chi connectivity index (χ2n) is 7.97. The molecule has 0 spiro atoms. The molecule has 0 saturated heterocycles. The van der Waals surface area contributed by atoms with Gasteiger partial charge in [0.2, 0.25) is 0 Å². The second-order valence-corrected chi connectivity index (χ2v) is 7.97. The molecule has 1 saturated carbocycles. The Balaban J connectivity index is 1.74. The maximum absolute atomic E-state index is 13.3. The molecular formula is C22H23F2NO3. The fourth-order valence-corrected chi connectivity index (χ4v) is 3.19. The molecule has 2 aromatic rings. The van der Waals surface area contributed by atoms with Gasteiger partial charge in [0.05, 0.1) is 11.9 Å². The zero-order valence-electron chi connectivity index (χ0n) is 16.1. The van der Waals surface area contributed by atoms with Crippen molar-refractivity contribution in [3.05, 3.63) is 72.1 Å². The van der Waals surface area contributed by atoms with E-state index in [-0.39, 0.29) is 11.7 Å². The van der Waals surface area contributed by atoms with E-state index < -0.39 is 23.0 Å². The first-order valence-electron chi connectivity index (χ1n) is 9.13. The summed E-state index contributed by atoms with van der Waals surface area (Å²) in [7, 11) is 0. The highest BCUT2D eigenvalue weighted by molar-refractivity contribution is 5.82. The number of pyridine rings is 1. The van der Waals surface area contributed by atoms with E-state index in [2.05, 4.69) is 4.98 Å². The summed E-state index contributed by atoms with van der Waals surface area (Å²) in [5.41, 5.74) is -0.705. The molecule has 0 bridgehead atoms. The lowest BCUT2D eigenvalue weighted by Gasteiger charge is -2.46. The van der Waals surface area contributed by atoms with Crippen LogP contribution in [0.25, 0.3) is 0 Å². The number of allylic oxidation sites excluding steroid dienone is 1. The molecule has 0 amide bonds. The highest BCUT2D eigenvalue weighted by atomic mass is 19.1.